The molecule has 0 aliphatic carbocycles. The molecule has 190 valence electrons. The molecular formula is C24H25IN10O2. The number of alkyl halides is 1. The number of tetrazole rings is 1. The minimum absolute atomic E-state index is 0.196. The first-order valence-corrected chi connectivity index (χ1v) is 13.4. The van der Waals surface area contributed by atoms with Crippen molar-refractivity contribution in [2.45, 2.75) is 19.6 Å². The summed E-state index contributed by atoms with van der Waals surface area (Å²) < 4.78 is 8.36. The quantitative estimate of drug-likeness (QED) is 0.258. The number of morpholine rings is 1. The molecule has 0 radical (unpaired) electrons. The normalized spacial score (nSPS) is 17.9. The second-order valence-corrected chi connectivity index (χ2v) is 9.92. The summed E-state index contributed by atoms with van der Waals surface area (Å²) in [6.07, 6.45) is 2.01. The number of aromatic amines is 1. The Morgan fingerprint density at radius 2 is 2.19 bits per heavy atom. The van der Waals surface area contributed by atoms with Gasteiger partial charge in [-0.3, -0.25) is 9.89 Å². The lowest BCUT2D eigenvalue weighted by molar-refractivity contribution is -0.113. The van der Waals surface area contributed by atoms with E-state index in [4.69, 9.17) is 4.74 Å². The van der Waals surface area contributed by atoms with Crippen molar-refractivity contribution in [2.75, 3.05) is 46.3 Å². The van der Waals surface area contributed by atoms with Crippen LogP contribution < -0.4 is 15.1 Å². The number of allylic oxidation sites excluding steroid dienone is 1. The predicted molar refractivity (Wildman–Crippen MR) is 148 cm³/mol. The summed E-state index contributed by atoms with van der Waals surface area (Å²) in [5, 5.41) is 23.4. The maximum Gasteiger partial charge on any atom is 0.255 e. The van der Waals surface area contributed by atoms with Gasteiger partial charge in [0.25, 0.3) is 5.91 Å². The maximum absolute atomic E-state index is 13.2. The van der Waals surface area contributed by atoms with Gasteiger partial charge in [-0.1, -0.05) is 27.7 Å². The number of amides is 1. The zero-order valence-electron chi connectivity index (χ0n) is 20.3. The van der Waals surface area contributed by atoms with E-state index in [1.54, 1.807) is 4.68 Å². The monoisotopic (exact) mass is 612 g/mol. The molecule has 0 spiro atoms. The summed E-state index contributed by atoms with van der Waals surface area (Å²) >= 11 is 2.36. The number of benzene rings is 1. The van der Waals surface area contributed by atoms with Gasteiger partial charge >= 0.3 is 0 Å². The van der Waals surface area contributed by atoms with Gasteiger partial charge in [0.2, 0.25) is 5.95 Å². The zero-order chi connectivity index (χ0) is 25.5. The molecule has 6 rings (SSSR count). The molecule has 37 heavy (non-hydrogen) atoms. The molecule has 13 heteroatoms. The number of anilines is 3. The first kappa shape index (κ1) is 23.8. The van der Waals surface area contributed by atoms with Crippen molar-refractivity contribution in [2.24, 2.45) is 0 Å². The van der Waals surface area contributed by atoms with Gasteiger partial charge in [0, 0.05) is 53.1 Å². The van der Waals surface area contributed by atoms with Gasteiger partial charge in [-0.15, -0.1) is 0 Å². The summed E-state index contributed by atoms with van der Waals surface area (Å²) in [6, 6.07) is 9.74. The summed E-state index contributed by atoms with van der Waals surface area (Å²) in [5.41, 5.74) is 4.73. The van der Waals surface area contributed by atoms with E-state index in [0.29, 0.717) is 30.4 Å². The Balaban J connectivity index is 1.27. The van der Waals surface area contributed by atoms with E-state index >= 15 is 0 Å². The Morgan fingerprint density at radius 1 is 1.30 bits per heavy atom. The fourth-order valence-electron chi connectivity index (χ4n) is 4.67. The Kier molecular flexibility index (Phi) is 6.24. The third-order valence-electron chi connectivity index (χ3n) is 6.81. The van der Waals surface area contributed by atoms with Crippen molar-refractivity contribution in [3.63, 3.8) is 0 Å². The average molecular weight is 612 g/mol. The highest BCUT2D eigenvalue weighted by atomic mass is 127. The lowest BCUT2D eigenvalue weighted by Gasteiger charge is -2.33. The molecule has 1 atom stereocenters. The highest BCUT2D eigenvalue weighted by molar-refractivity contribution is 14.1. The van der Waals surface area contributed by atoms with Crippen molar-refractivity contribution in [3.05, 3.63) is 47.8 Å². The number of fused-ring (bicyclic) bond motifs is 2. The van der Waals surface area contributed by atoms with Gasteiger partial charge in [0.05, 0.1) is 30.3 Å². The number of nitrogens with zero attached hydrogens (tertiary/aromatic N) is 8. The SMILES string of the molecule is CC1=C(C(=O)Nc2ccc3[nH]nc(-c4ccnc(N5CCO[C@@H](CI)C5)c4)c3c2)Cn2nnnc2N1C. The minimum Gasteiger partial charge on any atom is -0.374 e. The number of nitrogens with one attached hydrogen (secondary N) is 2. The topological polar surface area (TPSA) is 130 Å². The van der Waals surface area contributed by atoms with Crippen LogP contribution in [0.15, 0.2) is 47.8 Å². The second kappa shape index (κ2) is 9.70. The van der Waals surface area contributed by atoms with Crippen LogP contribution in [0.4, 0.5) is 17.5 Å². The van der Waals surface area contributed by atoms with Gasteiger partial charge in [0.15, 0.2) is 0 Å². The second-order valence-electron chi connectivity index (χ2n) is 9.04. The lowest BCUT2D eigenvalue weighted by atomic mass is 10.1. The Labute approximate surface area is 226 Å². The van der Waals surface area contributed by atoms with Crippen LogP contribution in [-0.4, -0.2) is 78.6 Å². The van der Waals surface area contributed by atoms with Gasteiger partial charge in [0.1, 0.15) is 11.5 Å². The molecule has 3 aromatic heterocycles. The number of carbonyl (C=O) groups excluding carboxylic acids is 1. The molecule has 12 nitrogen and oxygen atoms in total. The first-order valence-electron chi connectivity index (χ1n) is 11.9. The molecule has 5 heterocycles. The van der Waals surface area contributed by atoms with Crippen molar-refractivity contribution in [1.82, 2.24) is 35.4 Å². The Hall–Kier alpha value is -3.59. The number of carbonyl (C=O) groups is 1. The van der Waals surface area contributed by atoms with Crippen molar-refractivity contribution < 1.29 is 9.53 Å². The van der Waals surface area contributed by atoms with E-state index in [1.165, 1.54) is 0 Å². The predicted octanol–water partition coefficient (Wildman–Crippen LogP) is 2.61. The molecule has 2 N–H and O–H groups in total. The molecule has 2 aliphatic rings. The number of halogens is 1. The Morgan fingerprint density at radius 3 is 3.05 bits per heavy atom. The summed E-state index contributed by atoms with van der Waals surface area (Å²) in [4.78, 5) is 21.9. The molecule has 1 amide bonds. The molecule has 2 aliphatic heterocycles. The van der Waals surface area contributed by atoms with E-state index in [1.807, 2.05) is 49.3 Å². The van der Waals surface area contributed by atoms with Crippen molar-refractivity contribution >= 4 is 56.9 Å². The van der Waals surface area contributed by atoms with Gasteiger partial charge < -0.3 is 19.9 Å². The fourth-order valence-corrected chi connectivity index (χ4v) is 5.21. The smallest absolute Gasteiger partial charge is 0.255 e. The Bertz CT molecular complexity index is 1510. The molecule has 1 aromatic carbocycles. The van der Waals surface area contributed by atoms with Crippen LogP contribution in [0.2, 0.25) is 0 Å². The van der Waals surface area contributed by atoms with Gasteiger partial charge in [-0.05, 0) is 47.7 Å². The molecule has 0 bridgehead atoms. The van der Waals surface area contributed by atoms with E-state index in [0.717, 1.165) is 51.2 Å². The summed E-state index contributed by atoms with van der Waals surface area (Å²) in [5.74, 6) is 1.32. The number of aromatic nitrogens is 7. The molecule has 1 saturated heterocycles. The number of H-pyrrole nitrogens is 1. The van der Waals surface area contributed by atoms with E-state index < -0.39 is 0 Å². The number of pyridine rings is 1. The molecule has 0 unspecified atom stereocenters. The number of hydrogen-bond donors (Lipinski definition) is 2. The van der Waals surface area contributed by atoms with Gasteiger partial charge in [-0.25, -0.2) is 9.67 Å². The molecule has 0 saturated carbocycles. The third-order valence-corrected chi connectivity index (χ3v) is 7.79. The number of rotatable bonds is 5. The number of hydrogen-bond acceptors (Lipinski definition) is 9. The summed E-state index contributed by atoms with van der Waals surface area (Å²) in [6.45, 7) is 4.51. The van der Waals surface area contributed by atoms with E-state index in [9.17, 15) is 4.79 Å². The lowest BCUT2D eigenvalue weighted by Crippen LogP contribution is -2.43. The van der Waals surface area contributed by atoms with Crippen molar-refractivity contribution in [1.29, 1.82) is 0 Å². The zero-order valence-corrected chi connectivity index (χ0v) is 22.5. The van der Waals surface area contributed by atoms with Crippen LogP contribution in [0.25, 0.3) is 22.2 Å². The van der Waals surface area contributed by atoms with Crippen LogP contribution in [-0.2, 0) is 16.1 Å². The van der Waals surface area contributed by atoms with Crippen LogP contribution in [0.3, 0.4) is 0 Å². The van der Waals surface area contributed by atoms with Crippen LogP contribution in [0.1, 0.15) is 6.92 Å². The largest absolute Gasteiger partial charge is 0.374 e. The molecule has 4 aromatic rings. The third kappa shape index (κ3) is 4.41. The number of ether oxygens (including phenoxy) is 1. The van der Waals surface area contributed by atoms with Crippen LogP contribution in [0.5, 0.6) is 0 Å². The van der Waals surface area contributed by atoms with E-state index in [-0.39, 0.29) is 12.0 Å². The minimum atomic E-state index is -0.196. The van der Waals surface area contributed by atoms with Crippen molar-refractivity contribution in [3.8, 4) is 11.3 Å². The van der Waals surface area contributed by atoms with Gasteiger partial charge in [-0.2, -0.15) is 5.10 Å². The highest BCUT2D eigenvalue weighted by Gasteiger charge is 2.27. The van der Waals surface area contributed by atoms with Crippen LogP contribution >= 0.6 is 22.6 Å². The first-order chi connectivity index (χ1) is 18.0. The van der Waals surface area contributed by atoms with Crippen LogP contribution in [0, 0.1) is 0 Å². The standard InChI is InChI=1S/C24H25IN10O2/c1-14-19(13-35-24(33(14)2)30-31-32-35)23(36)27-16-3-4-20-18(10-16)22(29-28-20)15-5-6-26-21(9-15)34-7-8-37-17(11-25)12-34/h3-6,9-10,17H,7-8,11-13H2,1-2H3,(H,27,36)(H,28,29)/t17-/m0/s1. The fraction of sp³-hybridized carbons (Fsp3) is 0.333. The molecular weight excluding hydrogens is 587 g/mol. The average Bonchev–Trinajstić information content (AvgIpc) is 3.58. The summed E-state index contributed by atoms with van der Waals surface area (Å²) in [7, 11) is 1.84. The van der Waals surface area contributed by atoms with E-state index in [2.05, 4.69) is 69.6 Å². The maximum atomic E-state index is 13.2. The highest BCUT2D eigenvalue weighted by Crippen LogP contribution is 2.31. The molecule has 1 fully saturated rings.